The smallest absolute Gasteiger partial charge is 0.227 e. The summed E-state index contributed by atoms with van der Waals surface area (Å²) in [7, 11) is 0. The zero-order chi connectivity index (χ0) is 15.4. The quantitative estimate of drug-likeness (QED) is 0.903. The highest BCUT2D eigenvalue weighted by atomic mass is 35.5. The molecule has 3 rings (SSSR count). The molecule has 1 amide bonds. The highest BCUT2D eigenvalue weighted by Gasteiger charge is 2.38. The topological polar surface area (TPSA) is 64.4 Å². The van der Waals surface area contributed by atoms with Crippen LogP contribution in [0.25, 0.3) is 10.8 Å². The molecule has 1 aliphatic heterocycles. The van der Waals surface area contributed by atoms with Crippen LogP contribution >= 0.6 is 12.4 Å². The van der Waals surface area contributed by atoms with Crippen LogP contribution in [0.4, 0.5) is 0 Å². The monoisotopic (exact) mass is 334 g/mol. The standard InChI is InChI=1S/C18H22N2O2.ClH/c19-13-18(8-10-22-11-9-18)17(21)20-12-15-6-3-5-14-4-1-2-7-16(14)15;/h1-7H,8-13,19H2,(H,20,21);1H. The third-order valence-corrected chi connectivity index (χ3v) is 4.64. The van der Waals surface area contributed by atoms with Crippen molar-refractivity contribution in [3.05, 3.63) is 48.0 Å². The molecule has 0 unspecified atom stereocenters. The maximum atomic E-state index is 12.6. The number of carbonyl (C=O) groups is 1. The molecular weight excluding hydrogens is 312 g/mol. The minimum Gasteiger partial charge on any atom is -0.381 e. The molecule has 1 fully saturated rings. The lowest BCUT2D eigenvalue weighted by atomic mass is 9.79. The Hall–Kier alpha value is -1.62. The first-order chi connectivity index (χ1) is 10.7. The first-order valence-electron chi connectivity index (χ1n) is 7.78. The third kappa shape index (κ3) is 3.66. The van der Waals surface area contributed by atoms with E-state index in [0.717, 1.165) is 5.56 Å². The molecule has 4 nitrogen and oxygen atoms in total. The number of hydrogen-bond donors (Lipinski definition) is 2. The minimum absolute atomic E-state index is 0. The fourth-order valence-corrected chi connectivity index (χ4v) is 3.10. The summed E-state index contributed by atoms with van der Waals surface area (Å²) in [6, 6.07) is 14.4. The molecule has 2 aromatic rings. The van der Waals surface area contributed by atoms with E-state index in [4.69, 9.17) is 10.5 Å². The molecule has 3 N–H and O–H groups in total. The largest absolute Gasteiger partial charge is 0.381 e. The number of fused-ring (bicyclic) bond motifs is 1. The molecule has 124 valence electrons. The SMILES string of the molecule is Cl.NCC1(C(=O)NCc2cccc3ccccc23)CCOCC1. The first-order valence-corrected chi connectivity index (χ1v) is 7.78. The van der Waals surface area contributed by atoms with Gasteiger partial charge in [-0.15, -0.1) is 12.4 Å². The summed E-state index contributed by atoms with van der Waals surface area (Å²) in [5, 5.41) is 5.45. The zero-order valence-corrected chi connectivity index (χ0v) is 13.9. The maximum Gasteiger partial charge on any atom is 0.227 e. The van der Waals surface area contributed by atoms with Crippen LogP contribution in [0.5, 0.6) is 0 Å². The molecule has 1 saturated heterocycles. The lowest BCUT2D eigenvalue weighted by molar-refractivity contribution is -0.136. The summed E-state index contributed by atoms with van der Waals surface area (Å²) in [4.78, 5) is 12.6. The summed E-state index contributed by atoms with van der Waals surface area (Å²) < 4.78 is 5.36. The second-order valence-corrected chi connectivity index (χ2v) is 5.92. The van der Waals surface area contributed by atoms with Gasteiger partial charge in [-0.1, -0.05) is 42.5 Å². The lowest BCUT2D eigenvalue weighted by Crippen LogP contribution is -2.48. The molecule has 0 bridgehead atoms. The number of hydrogen-bond acceptors (Lipinski definition) is 3. The summed E-state index contributed by atoms with van der Waals surface area (Å²) in [6.07, 6.45) is 1.40. The van der Waals surface area contributed by atoms with Crippen LogP contribution in [-0.4, -0.2) is 25.7 Å². The van der Waals surface area contributed by atoms with Gasteiger partial charge in [0.05, 0.1) is 5.41 Å². The molecule has 0 aliphatic carbocycles. The Labute approximate surface area is 142 Å². The van der Waals surface area contributed by atoms with Crippen LogP contribution in [-0.2, 0) is 16.1 Å². The molecule has 5 heteroatoms. The van der Waals surface area contributed by atoms with Crippen molar-refractivity contribution in [1.82, 2.24) is 5.32 Å². The van der Waals surface area contributed by atoms with Crippen molar-refractivity contribution in [3.8, 4) is 0 Å². The van der Waals surface area contributed by atoms with Gasteiger partial charge in [0.15, 0.2) is 0 Å². The average molecular weight is 335 g/mol. The predicted molar refractivity (Wildman–Crippen MR) is 94.6 cm³/mol. The molecule has 0 radical (unpaired) electrons. The van der Waals surface area contributed by atoms with Gasteiger partial charge < -0.3 is 15.8 Å². The van der Waals surface area contributed by atoms with Crippen molar-refractivity contribution in [2.24, 2.45) is 11.1 Å². The highest BCUT2D eigenvalue weighted by molar-refractivity contribution is 5.87. The van der Waals surface area contributed by atoms with Crippen molar-refractivity contribution in [2.45, 2.75) is 19.4 Å². The molecule has 1 aliphatic rings. The Bertz CT molecular complexity index is 664. The van der Waals surface area contributed by atoms with Gasteiger partial charge in [0.25, 0.3) is 0 Å². The molecule has 0 aromatic heterocycles. The maximum absolute atomic E-state index is 12.6. The molecule has 1 heterocycles. The minimum atomic E-state index is -0.469. The number of amides is 1. The van der Waals surface area contributed by atoms with Gasteiger partial charge in [-0.05, 0) is 29.2 Å². The summed E-state index contributed by atoms with van der Waals surface area (Å²) >= 11 is 0. The van der Waals surface area contributed by atoms with E-state index in [0.29, 0.717) is 39.1 Å². The number of nitrogens with two attached hydrogens (primary N) is 1. The predicted octanol–water partition coefficient (Wildman–Crippen LogP) is 2.63. The second kappa shape index (κ2) is 7.77. The van der Waals surface area contributed by atoms with E-state index < -0.39 is 5.41 Å². The number of benzene rings is 2. The van der Waals surface area contributed by atoms with Crippen LogP contribution in [0.15, 0.2) is 42.5 Å². The highest BCUT2D eigenvalue weighted by Crippen LogP contribution is 2.29. The molecule has 0 saturated carbocycles. The van der Waals surface area contributed by atoms with E-state index in [1.54, 1.807) is 0 Å². The van der Waals surface area contributed by atoms with Gasteiger partial charge >= 0.3 is 0 Å². The van der Waals surface area contributed by atoms with E-state index in [1.807, 2.05) is 18.2 Å². The molecule has 2 aromatic carbocycles. The zero-order valence-electron chi connectivity index (χ0n) is 13.1. The second-order valence-electron chi connectivity index (χ2n) is 5.92. The number of rotatable bonds is 4. The van der Waals surface area contributed by atoms with Gasteiger partial charge in [-0.25, -0.2) is 0 Å². The van der Waals surface area contributed by atoms with Gasteiger partial charge in [0, 0.05) is 26.3 Å². The Kier molecular flexibility index (Phi) is 5.99. The number of nitrogens with one attached hydrogen (secondary N) is 1. The van der Waals surface area contributed by atoms with Crippen LogP contribution in [0.3, 0.4) is 0 Å². The Morgan fingerprint density at radius 1 is 1.13 bits per heavy atom. The summed E-state index contributed by atoms with van der Waals surface area (Å²) in [6.45, 7) is 2.12. The fourth-order valence-electron chi connectivity index (χ4n) is 3.10. The van der Waals surface area contributed by atoms with Crippen LogP contribution in [0, 0.1) is 5.41 Å². The van der Waals surface area contributed by atoms with E-state index in [9.17, 15) is 4.79 Å². The van der Waals surface area contributed by atoms with Gasteiger partial charge in [0.1, 0.15) is 0 Å². The van der Waals surface area contributed by atoms with Crippen molar-refractivity contribution >= 4 is 29.1 Å². The fraction of sp³-hybridized carbons (Fsp3) is 0.389. The summed E-state index contributed by atoms with van der Waals surface area (Å²) in [5.41, 5.74) is 6.54. The van der Waals surface area contributed by atoms with E-state index in [-0.39, 0.29) is 18.3 Å². The van der Waals surface area contributed by atoms with E-state index in [2.05, 4.69) is 29.6 Å². The van der Waals surface area contributed by atoms with E-state index in [1.165, 1.54) is 10.8 Å². The Balaban J connectivity index is 0.00000192. The molecule has 0 atom stereocenters. The van der Waals surface area contributed by atoms with Gasteiger partial charge in [-0.2, -0.15) is 0 Å². The van der Waals surface area contributed by atoms with Crippen molar-refractivity contribution in [1.29, 1.82) is 0 Å². The van der Waals surface area contributed by atoms with Gasteiger partial charge in [0.2, 0.25) is 5.91 Å². The number of carbonyl (C=O) groups excluding carboxylic acids is 1. The van der Waals surface area contributed by atoms with Crippen LogP contribution < -0.4 is 11.1 Å². The number of ether oxygens (including phenoxy) is 1. The third-order valence-electron chi connectivity index (χ3n) is 4.64. The van der Waals surface area contributed by atoms with Crippen molar-refractivity contribution in [3.63, 3.8) is 0 Å². The number of halogens is 1. The van der Waals surface area contributed by atoms with Crippen LogP contribution in [0.2, 0.25) is 0 Å². The van der Waals surface area contributed by atoms with Crippen molar-refractivity contribution < 1.29 is 9.53 Å². The normalized spacial score (nSPS) is 16.6. The molecular formula is C18H23ClN2O2. The lowest BCUT2D eigenvalue weighted by Gasteiger charge is -2.34. The average Bonchev–Trinajstić information content (AvgIpc) is 2.60. The Morgan fingerprint density at radius 2 is 1.83 bits per heavy atom. The first kappa shape index (κ1) is 17.7. The van der Waals surface area contributed by atoms with E-state index >= 15 is 0 Å². The molecule has 0 spiro atoms. The van der Waals surface area contributed by atoms with Crippen molar-refractivity contribution in [2.75, 3.05) is 19.8 Å². The van der Waals surface area contributed by atoms with Crippen LogP contribution in [0.1, 0.15) is 18.4 Å². The van der Waals surface area contributed by atoms with Gasteiger partial charge in [-0.3, -0.25) is 4.79 Å². The Morgan fingerprint density at radius 3 is 2.57 bits per heavy atom. The molecule has 23 heavy (non-hydrogen) atoms. The summed E-state index contributed by atoms with van der Waals surface area (Å²) in [5.74, 6) is 0.0474.